The Labute approximate surface area is 55.7 Å². The molecule has 0 aliphatic rings. The second kappa shape index (κ2) is 3.28. The molecule has 0 saturated carbocycles. The van der Waals surface area contributed by atoms with E-state index in [9.17, 15) is 4.79 Å². The van der Waals surface area contributed by atoms with Gasteiger partial charge in [-0.1, -0.05) is 13.8 Å². The van der Waals surface area contributed by atoms with Crippen LogP contribution in [0.1, 0.15) is 20.8 Å². The van der Waals surface area contributed by atoms with E-state index in [0.29, 0.717) is 5.70 Å². The maximum Gasteiger partial charge on any atom is 0.154 e. The lowest BCUT2D eigenvalue weighted by atomic mass is 10.1. The molecule has 0 heterocycles. The van der Waals surface area contributed by atoms with E-state index < -0.39 is 0 Å². The maximum atomic E-state index is 10.4. The summed E-state index contributed by atoms with van der Waals surface area (Å²) in [5.74, 6) is 0.287. The van der Waals surface area contributed by atoms with Crippen LogP contribution in [0, 0.1) is 5.92 Å². The summed E-state index contributed by atoms with van der Waals surface area (Å²) in [7, 11) is 0. The summed E-state index contributed by atoms with van der Waals surface area (Å²) in [5.41, 5.74) is 6.11. The Bertz CT molecular complexity index is 136. The molecule has 0 spiro atoms. The van der Waals surface area contributed by atoms with E-state index in [1.165, 1.54) is 13.0 Å². The molecule has 0 saturated heterocycles. The molecule has 0 aromatic heterocycles. The Hall–Kier alpha value is -0.790. The fraction of sp³-hybridized carbons (Fsp3) is 0.571. The molecule has 0 unspecified atom stereocenters. The number of allylic oxidation sites excluding steroid dienone is 2. The Morgan fingerprint density at radius 2 is 2.00 bits per heavy atom. The molecule has 2 nitrogen and oxygen atoms in total. The quantitative estimate of drug-likeness (QED) is 0.564. The van der Waals surface area contributed by atoms with Gasteiger partial charge >= 0.3 is 0 Å². The first kappa shape index (κ1) is 8.21. The highest BCUT2D eigenvalue weighted by molar-refractivity contribution is 5.87. The summed E-state index contributed by atoms with van der Waals surface area (Å²) >= 11 is 0. The Balaban J connectivity index is 4.00. The van der Waals surface area contributed by atoms with Crippen LogP contribution in [0.5, 0.6) is 0 Å². The third-order valence-corrected chi connectivity index (χ3v) is 1.04. The summed E-state index contributed by atoms with van der Waals surface area (Å²) in [5, 5.41) is 0. The van der Waals surface area contributed by atoms with Gasteiger partial charge in [-0.25, -0.2) is 0 Å². The van der Waals surface area contributed by atoms with Gasteiger partial charge in [-0.15, -0.1) is 0 Å². The molecule has 2 N–H and O–H groups in total. The normalized spacial score (nSPS) is 12.2. The van der Waals surface area contributed by atoms with Gasteiger partial charge in [0.2, 0.25) is 0 Å². The van der Waals surface area contributed by atoms with E-state index in [4.69, 9.17) is 5.73 Å². The summed E-state index contributed by atoms with van der Waals surface area (Å²) in [6.07, 6.45) is 1.46. The molecule has 0 radical (unpaired) electrons. The smallest absolute Gasteiger partial charge is 0.154 e. The van der Waals surface area contributed by atoms with E-state index in [2.05, 4.69) is 0 Å². The minimum atomic E-state index is 0.0150. The standard InChI is InChI=1S/C7H13NO/c1-5(2)7(8)4-6(3)9/h4-5H,8H2,1-3H3/b7-4-. The van der Waals surface area contributed by atoms with Crippen LogP contribution in [0.4, 0.5) is 0 Å². The van der Waals surface area contributed by atoms with Gasteiger partial charge in [0.25, 0.3) is 0 Å². The lowest BCUT2D eigenvalue weighted by molar-refractivity contribution is -0.112. The van der Waals surface area contributed by atoms with Crippen LogP contribution >= 0.6 is 0 Å². The topological polar surface area (TPSA) is 43.1 Å². The molecule has 2 heteroatoms. The average molecular weight is 127 g/mol. The van der Waals surface area contributed by atoms with Gasteiger partial charge in [0.1, 0.15) is 0 Å². The number of carbonyl (C=O) groups is 1. The first-order valence-corrected chi connectivity index (χ1v) is 3.01. The first-order chi connectivity index (χ1) is 4.04. The van der Waals surface area contributed by atoms with Crippen molar-refractivity contribution in [1.82, 2.24) is 0 Å². The third kappa shape index (κ3) is 3.76. The van der Waals surface area contributed by atoms with E-state index in [1.54, 1.807) is 0 Å². The molecule has 0 atom stereocenters. The van der Waals surface area contributed by atoms with Crippen molar-refractivity contribution in [2.45, 2.75) is 20.8 Å². The van der Waals surface area contributed by atoms with Crippen LogP contribution < -0.4 is 5.73 Å². The van der Waals surface area contributed by atoms with Gasteiger partial charge in [0.05, 0.1) is 0 Å². The van der Waals surface area contributed by atoms with E-state index >= 15 is 0 Å². The lowest BCUT2D eigenvalue weighted by Gasteiger charge is -2.01. The predicted molar refractivity (Wildman–Crippen MR) is 37.8 cm³/mol. The van der Waals surface area contributed by atoms with Gasteiger partial charge < -0.3 is 5.73 Å². The minimum Gasteiger partial charge on any atom is -0.402 e. The van der Waals surface area contributed by atoms with Crippen molar-refractivity contribution in [3.05, 3.63) is 11.8 Å². The zero-order valence-electron chi connectivity index (χ0n) is 6.14. The molecule has 9 heavy (non-hydrogen) atoms. The van der Waals surface area contributed by atoms with Crippen molar-refractivity contribution >= 4 is 5.78 Å². The maximum absolute atomic E-state index is 10.4. The van der Waals surface area contributed by atoms with E-state index in [1.807, 2.05) is 13.8 Å². The lowest BCUT2D eigenvalue weighted by Crippen LogP contribution is -2.06. The summed E-state index contributed by atoms with van der Waals surface area (Å²) in [4.78, 5) is 10.4. The zero-order chi connectivity index (χ0) is 7.44. The van der Waals surface area contributed by atoms with Crippen molar-refractivity contribution in [3.63, 3.8) is 0 Å². The van der Waals surface area contributed by atoms with Crippen LogP contribution in [0.2, 0.25) is 0 Å². The van der Waals surface area contributed by atoms with Gasteiger partial charge in [-0.05, 0) is 18.9 Å². The van der Waals surface area contributed by atoms with E-state index in [0.717, 1.165) is 0 Å². The molecule has 0 rings (SSSR count). The fourth-order valence-corrected chi connectivity index (χ4v) is 0.401. The van der Waals surface area contributed by atoms with Crippen molar-refractivity contribution < 1.29 is 4.79 Å². The number of carbonyl (C=O) groups excluding carboxylic acids is 1. The molecular formula is C7H13NO. The van der Waals surface area contributed by atoms with Gasteiger partial charge in [-0.3, -0.25) is 4.79 Å². The molecule has 0 aromatic carbocycles. The third-order valence-electron chi connectivity index (χ3n) is 1.04. The Morgan fingerprint density at radius 1 is 1.56 bits per heavy atom. The molecule has 0 fully saturated rings. The highest BCUT2D eigenvalue weighted by Gasteiger charge is 1.96. The predicted octanol–water partition coefficient (Wildman–Crippen LogP) is 1.07. The number of hydrogen-bond acceptors (Lipinski definition) is 2. The highest BCUT2D eigenvalue weighted by atomic mass is 16.1. The number of rotatable bonds is 2. The molecule has 0 bridgehead atoms. The number of hydrogen-bond donors (Lipinski definition) is 1. The van der Waals surface area contributed by atoms with Gasteiger partial charge in [0, 0.05) is 5.70 Å². The Kier molecular flexibility index (Phi) is 2.99. The second-order valence-corrected chi connectivity index (χ2v) is 2.41. The fourth-order valence-electron chi connectivity index (χ4n) is 0.401. The van der Waals surface area contributed by atoms with Crippen molar-refractivity contribution in [3.8, 4) is 0 Å². The summed E-state index contributed by atoms with van der Waals surface area (Å²) < 4.78 is 0. The first-order valence-electron chi connectivity index (χ1n) is 3.01. The Morgan fingerprint density at radius 3 is 2.11 bits per heavy atom. The largest absolute Gasteiger partial charge is 0.402 e. The minimum absolute atomic E-state index is 0.0150. The van der Waals surface area contributed by atoms with Crippen molar-refractivity contribution in [2.24, 2.45) is 11.7 Å². The SMILES string of the molecule is CC(=O)/C=C(\N)C(C)C. The van der Waals surface area contributed by atoms with Crippen LogP contribution in [-0.2, 0) is 4.79 Å². The highest BCUT2D eigenvalue weighted by Crippen LogP contribution is 2.00. The molecular weight excluding hydrogens is 114 g/mol. The van der Waals surface area contributed by atoms with Crippen LogP contribution in [0.25, 0.3) is 0 Å². The zero-order valence-corrected chi connectivity index (χ0v) is 6.14. The van der Waals surface area contributed by atoms with Crippen LogP contribution in [0.3, 0.4) is 0 Å². The molecule has 0 amide bonds. The van der Waals surface area contributed by atoms with Gasteiger partial charge in [0.15, 0.2) is 5.78 Å². The van der Waals surface area contributed by atoms with Crippen LogP contribution in [-0.4, -0.2) is 5.78 Å². The summed E-state index contributed by atoms with van der Waals surface area (Å²) in [6.45, 7) is 5.40. The molecule has 0 aromatic rings. The van der Waals surface area contributed by atoms with Gasteiger partial charge in [-0.2, -0.15) is 0 Å². The molecule has 0 aliphatic heterocycles. The van der Waals surface area contributed by atoms with E-state index in [-0.39, 0.29) is 11.7 Å². The van der Waals surface area contributed by atoms with Crippen molar-refractivity contribution in [2.75, 3.05) is 0 Å². The molecule has 52 valence electrons. The molecule has 0 aliphatic carbocycles. The number of nitrogens with two attached hydrogens (primary N) is 1. The second-order valence-electron chi connectivity index (χ2n) is 2.41. The monoisotopic (exact) mass is 127 g/mol. The average Bonchev–Trinajstić information content (AvgIpc) is 1.63. The summed E-state index contributed by atoms with van der Waals surface area (Å²) in [6, 6.07) is 0. The van der Waals surface area contributed by atoms with Crippen LogP contribution in [0.15, 0.2) is 11.8 Å². The number of ketones is 1. The van der Waals surface area contributed by atoms with Crippen molar-refractivity contribution in [1.29, 1.82) is 0 Å².